The van der Waals surface area contributed by atoms with E-state index in [1.807, 2.05) is 19.1 Å². The van der Waals surface area contributed by atoms with Gasteiger partial charge in [0.15, 0.2) is 0 Å². The van der Waals surface area contributed by atoms with E-state index in [1.165, 1.54) is 6.92 Å². The quantitative estimate of drug-likeness (QED) is 0.510. The zero-order valence-corrected chi connectivity index (χ0v) is 15.3. The maximum Gasteiger partial charge on any atom is 0.314 e. The van der Waals surface area contributed by atoms with Crippen molar-refractivity contribution in [2.24, 2.45) is 0 Å². The summed E-state index contributed by atoms with van der Waals surface area (Å²) in [5, 5.41) is 7.69. The summed E-state index contributed by atoms with van der Waals surface area (Å²) in [7, 11) is 0. The van der Waals surface area contributed by atoms with E-state index < -0.39 is 11.8 Å². The van der Waals surface area contributed by atoms with Gasteiger partial charge < -0.3 is 16.0 Å². The van der Waals surface area contributed by atoms with E-state index in [0.29, 0.717) is 17.1 Å². The van der Waals surface area contributed by atoms with Gasteiger partial charge in [0.05, 0.1) is 0 Å². The second kappa shape index (κ2) is 7.91. The van der Waals surface area contributed by atoms with Crippen molar-refractivity contribution in [2.45, 2.75) is 13.8 Å². The second-order valence-electron chi connectivity index (χ2n) is 5.13. The molecule has 0 heterocycles. The Labute approximate surface area is 153 Å². The molecule has 0 bridgehead atoms. The number of carbonyl (C=O) groups excluding carboxylic acids is 3. The molecule has 3 amide bonds. The molecule has 0 saturated carbocycles. The number of amides is 3. The molecule has 0 aliphatic heterocycles. The van der Waals surface area contributed by atoms with Gasteiger partial charge in [-0.05, 0) is 71.5 Å². The number of carbonyl (C=O) groups is 3. The summed E-state index contributed by atoms with van der Waals surface area (Å²) in [5.41, 5.74) is 2.41. The molecule has 0 atom stereocenters. The van der Waals surface area contributed by atoms with Crippen molar-refractivity contribution in [1.82, 2.24) is 0 Å². The van der Waals surface area contributed by atoms with Crippen molar-refractivity contribution >= 4 is 57.4 Å². The van der Waals surface area contributed by atoms with E-state index in [4.69, 9.17) is 0 Å². The number of benzene rings is 2. The van der Waals surface area contributed by atoms with E-state index in [-0.39, 0.29) is 5.91 Å². The van der Waals surface area contributed by atoms with Crippen molar-refractivity contribution in [3.63, 3.8) is 0 Å². The molecule has 0 radical (unpaired) electrons. The van der Waals surface area contributed by atoms with Gasteiger partial charge in [-0.25, -0.2) is 0 Å². The zero-order valence-electron chi connectivity index (χ0n) is 13.1. The van der Waals surface area contributed by atoms with Crippen molar-refractivity contribution in [1.29, 1.82) is 0 Å². The highest BCUT2D eigenvalue weighted by Gasteiger charge is 2.15. The molecule has 0 saturated heterocycles. The topological polar surface area (TPSA) is 87.3 Å². The van der Waals surface area contributed by atoms with Crippen molar-refractivity contribution in [3.8, 4) is 0 Å². The monoisotopic (exact) mass is 437 g/mol. The lowest BCUT2D eigenvalue weighted by atomic mass is 10.2. The minimum absolute atomic E-state index is 0.217. The molecular formula is C17H16IN3O3. The lowest BCUT2D eigenvalue weighted by Crippen LogP contribution is -2.29. The minimum Gasteiger partial charge on any atom is -0.326 e. The fourth-order valence-corrected chi connectivity index (χ4v) is 2.66. The predicted octanol–water partition coefficient (Wildman–Crippen LogP) is 3.14. The standard InChI is InChI=1S/C17H16IN3O3/c1-10-8-12(18)6-7-15(10)21-17(24)16(23)20-14-5-3-4-13(9-14)19-11(2)22/h3-9H,1-2H3,(H,19,22)(H,20,23)(H,21,24). The van der Waals surface area contributed by atoms with Crippen LogP contribution < -0.4 is 16.0 Å². The largest absolute Gasteiger partial charge is 0.326 e. The van der Waals surface area contributed by atoms with Crippen LogP contribution in [0.5, 0.6) is 0 Å². The number of aryl methyl sites for hydroxylation is 1. The van der Waals surface area contributed by atoms with Crippen LogP contribution in [0.2, 0.25) is 0 Å². The molecule has 2 rings (SSSR count). The highest BCUT2D eigenvalue weighted by molar-refractivity contribution is 14.1. The fourth-order valence-electron chi connectivity index (χ4n) is 2.01. The second-order valence-corrected chi connectivity index (χ2v) is 6.38. The molecular weight excluding hydrogens is 421 g/mol. The molecule has 7 heteroatoms. The van der Waals surface area contributed by atoms with Crippen LogP contribution in [0, 0.1) is 10.5 Å². The van der Waals surface area contributed by atoms with E-state index in [0.717, 1.165) is 9.13 Å². The van der Waals surface area contributed by atoms with Crippen LogP contribution in [0.1, 0.15) is 12.5 Å². The third-order valence-electron chi connectivity index (χ3n) is 3.08. The first-order chi connectivity index (χ1) is 11.3. The van der Waals surface area contributed by atoms with Gasteiger partial charge in [0, 0.05) is 27.6 Å². The van der Waals surface area contributed by atoms with E-state index in [9.17, 15) is 14.4 Å². The normalized spacial score (nSPS) is 9.96. The summed E-state index contributed by atoms with van der Waals surface area (Å²) in [5.74, 6) is -1.76. The van der Waals surface area contributed by atoms with Gasteiger partial charge in [-0.1, -0.05) is 6.07 Å². The molecule has 24 heavy (non-hydrogen) atoms. The lowest BCUT2D eigenvalue weighted by Gasteiger charge is -2.10. The Morgan fingerprint density at radius 1 is 0.875 bits per heavy atom. The summed E-state index contributed by atoms with van der Waals surface area (Å²) in [6.07, 6.45) is 0. The van der Waals surface area contributed by atoms with E-state index in [1.54, 1.807) is 30.3 Å². The smallest absolute Gasteiger partial charge is 0.314 e. The number of rotatable bonds is 3. The van der Waals surface area contributed by atoms with Crippen LogP contribution in [0.3, 0.4) is 0 Å². The highest BCUT2D eigenvalue weighted by atomic mass is 127. The minimum atomic E-state index is -0.784. The first-order valence-corrected chi connectivity index (χ1v) is 8.19. The Kier molecular flexibility index (Phi) is 5.91. The molecule has 2 aromatic carbocycles. The number of anilines is 3. The van der Waals surface area contributed by atoms with Gasteiger partial charge >= 0.3 is 11.8 Å². The first-order valence-electron chi connectivity index (χ1n) is 7.11. The Bertz CT molecular complexity index is 805. The number of nitrogens with one attached hydrogen (secondary N) is 3. The SMILES string of the molecule is CC(=O)Nc1cccc(NC(=O)C(=O)Nc2ccc(I)cc2C)c1. The Balaban J connectivity index is 2.03. The number of halogens is 1. The summed E-state index contributed by atoms with van der Waals surface area (Å²) in [6, 6.07) is 12.1. The lowest BCUT2D eigenvalue weighted by molar-refractivity contribution is -0.133. The number of hydrogen-bond donors (Lipinski definition) is 3. The van der Waals surface area contributed by atoms with Gasteiger partial charge in [0.1, 0.15) is 0 Å². The first kappa shape index (κ1) is 17.9. The van der Waals surface area contributed by atoms with Gasteiger partial charge in [0.25, 0.3) is 0 Å². The molecule has 3 N–H and O–H groups in total. The molecule has 2 aromatic rings. The van der Waals surface area contributed by atoms with E-state index in [2.05, 4.69) is 38.5 Å². The third-order valence-corrected chi connectivity index (χ3v) is 3.75. The molecule has 0 unspecified atom stereocenters. The van der Waals surface area contributed by atoms with Gasteiger partial charge in [-0.15, -0.1) is 0 Å². The molecule has 0 aromatic heterocycles. The molecule has 0 spiro atoms. The Hall–Kier alpha value is -2.42. The van der Waals surface area contributed by atoms with Gasteiger partial charge in [0.2, 0.25) is 5.91 Å². The van der Waals surface area contributed by atoms with E-state index >= 15 is 0 Å². The highest BCUT2D eigenvalue weighted by Crippen LogP contribution is 2.18. The van der Waals surface area contributed by atoms with Crippen molar-refractivity contribution < 1.29 is 14.4 Å². The maximum absolute atomic E-state index is 12.0. The molecule has 0 aliphatic carbocycles. The van der Waals surface area contributed by atoms with Crippen LogP contribution >= 0.6 is 22.6 Å². The average Bonchev–Trinajstić information content (AvgIpc) is 2.49. The average molecular weight is 437 g/mol. The van der Waals surface area contributed by atoms with Gasteiger partial charge in [-0.3, -0.25) is 14.4 Å². The summed E-state index contributed by atoms with van der Waals surface area (Å²) >= 11 is 2.17. The third kappa shape index (κ3) is 5.05. The molecule has 124 valence electrons. The molecule has 0 aliphatic rings. The van der Waals surface area contributed by atoms with Crippen LogP contribution in [-0.2, 0) is 14.4 Å². The van der Waals surface area contributed by atoms with Gasteiger partial charge in [-0.2, -0.15) is 0 Å². The van der Waals surface area contributed by atoms with Crippen LogP contribution in [0.4, 0.5) is 17.1 Å². The van der Waals surface area contributed by atoms with Crippen molar-refractivity contribution in [2.75, 3.05) is 16.0 Å². The summed E-state index contributed by atoms with van der Waals surface area (Å²) in [4.78, 5) is 35.1. The Morgan fingerprint density at radius 2 is 1.50 bits per heavy atom. The fraction of sp³-hybridized carbons (Fsp3) is 0.118. The van der Waals surface area contributed by atoms with Crippen LogP contribution in [0.15, 0.2) is 42.5 Å². The number of hydrogen-bond acceptors (Lipinski definition) is 3. The predicted molar refractivity (Wildman–Crippen MR) is 102 cm³/mol. The molecule has 6 nitrogen and oxygen atoms in total. The van der Waals surface area contributed by atoms with Crippen LogP contribution in [0.25, 0.3) is 0 Å². The zero-order chi connectivity index (χ0) is 17.7. The summed E-state index contributed by atoms with van der Waals surface area (Å²) in [6.45, 7) is 3.24. The van der Waals surface area contributed by atoms with Crippen molar-refractivity contribution in [3.05, 3.63) is 51.6 Å². The van der Waals surface area contributed by atoms with Crippen LogP contribution in [-0.4, -0.2) is 17.7 Å². The molecule has 0 fully saturated rings. The summed E-state index contributed by atoms with van der Waals surface area (Å²) < 4.78 is 1.04. The maximum atomic E-state index is 12.0. The Morgan fingerprint density at radius 3 is 2.12 bits per heavy atom.